The second kappa shape index (κ2) is 4.88. The Balaban J connectivity index is 1.56. The van der Waals surface area contributed by atoms with Crippen LogP contribution in [0, 0.1) is 5.92 Å². The molecule has 3 aliphatic rings. The maximum atomic E-state index is 11.1. The van der Waals surface area contributed by atoms with Gasteiger partial charge in [-0.1, -0.05) is 18.2 Å². The van der Waals surface area contributed by atoms with Crippen LogP contribution in [0.3, 0.4) is 0 Å². The Labute approximate surface area is 106 Å². The van der Waals surface area contributed by atoms with E-state index in [1.54, 1.807) is 0 Å². The predicted octanol–water partition coefficient (Wildman–Crippen LogP) is 1.13. The van der Waals surface area contributed by atoms with Gasteiger partial charge in [0, 0.05) is 24.8 Å². The second-order valence-electron chi connectivity index (χ2n) is 5.19. The standard InChI is InChI=1S/C12H19N3OS/c16-11-5-4-9(6-13-11)14-12-15-10-3-1-2-8(10)7-17-12/h8-10H,1-7H2,(H,13,16)(H,14,15). The molecule has 5 heteroatoms. The lowest BCUT2D eigenvalue weighted by Crippen LogP contribution is -2.48. The number of rotatable bonds is 1. The van der Waals surface area contributed by atoms with E-state index in [0.717, 1.165) is 24.1 Å². The van der Waals surface area contributed by atoms with Crippen molar-refractivity contribution in [2.45, 2.75) is 44.2 Å². The fourth-order valence-corrected chi connectivity index (χ4v) is 4.09. The van der Waals surface area contributed by atoms with E-state index in [-0.39, 0.29) is 5.91 Å². The van der Waals surface area contributed by atoms with E-state index in [2.05, 4.69) is 10.6 Å². The monoisotopic (exact) mass is 253 g/mol. The van der Waals surface area contributed by atoms with Crippen molar-refractivity contribution in [2.24, 2.45) is 10.9 Å². The largest absolute Gasteiger partial charge is 0.360 e. The van der Waals surface area contributed by atoms with Crippen LogP contribution in [-0.2, 0) is 4.79 Å². The van der Waals surface area contributed by atoms with E-state index in [4.69, 9.17) is 4.99 Å². The van der Waals surface area contributed by atoms with Gasteiger partial charge in [-0.15, -0.1) is 0 Å². The molecule has 4 nitrogen and oxygen atoms in total. The van der Waals surface area contributed by atoms with Crippen LogP contribution in [-0.4, -0.2) is 35.5 Å². The predicted molar refractivity (Wildman–Crippen MR) is 70.2 cm³/mol. The molecule has 2 N–H and O–H groups in total. The summed E-state index contributed by atoms with van der Waals surface area (Å²) >= 11 is 1.86. The van der Waals surface area contributed by atoms with E-state index in [9.17, 15) is 4.79 Å². The highest BCUT2D eigenvalue weighted by Crippen LogP contribution is 2.35. The summed E-state index contributed by atoms with van der Waals surface area (Å²) < 4.78 is 0. The molecule has 2 heterocycles. The van der Waals surface area contributed by atoms with Crippen LogP contribution >= 0.6 is 11.8 Å². The number of amides is 1. The molecule has 1 aliphatic carbocycles. The van der Waals surface area contributed by atoms with Crippen molar-refractivity contribution in [3.8, 4) is 0 Å². The highest BCUT2D eigenvalue weighted by Gasteiger charge is 2.31. The quantitative estimate of drug-likeness (QED) is 0.736. The van der Waals surface area contributed by atoms with Gasteiger partial charge >= 0.3 is 0 Å². The zero-order chi connectivity index (χ0) is 11.7. The van der Waals surface area contributed by atoms with E-state index in [1.165, 1.54) is 25.0 Å². The van der Waals surface area contributed by atoms with Crippen LogP contribution in [0.5, 0.6) is 0 Å². The van der Waals surface area contributed by atoms with Gasteiger partial charge < -0.3 is 10.6 Å². The van der Waals surface area contributed by atoms with Gasteiger partial charge in [0.1, 0.15) is 0 Å². The first-order chi connectivity index (χ1) is 8.31. The second-order valence-corrected chi connectivity index (χ2v) is 6.20. The van der Waals surface area contributed by atoms with Crippen LogP contribution in [0.4, 0.5) is 0 Å². The molecule has 0 aromatic heterocycles. The Kier molecular flexibility index (Phi) is 3.27. The number of aliphatic imine (C=N–C) groups is 1. The van der Waals surface area contributed by atoms with Crippen molar-refractivity contribution in [3.05, 3.63) is 0 Å². The molecule has 1 amide bonds. The summed E-state index contributed by atoms with van der Waals surface area (Å²) in [6, 6.07) is 0.939. The first-order valence-electron chi connectivity index (χ1n) is 6.55. The molecule has 94 valence electrons. The number of fused-ring (bicyclic) bond motifs is 1. The minimum absolute atomic E-state index is 0.178. The van der Waals surface area contributed by atoms with Gasteiger partial charge in [-0.25, -0.2) is 0 Å². The number of hydrogen-bond donors (Lipinski definition) is 2. The van der Waals surface area contributed by atoms with Crippen molar-refractivity contribution < 1.29 is 4.79 Å². The minimum Gasteiger partial charge on any atom is -0.360 e. The average Bonchev–Trinajstić information content (AvgIpc) is 2.79. The topological polar surface area (TPSA) is 53.5 Å². The number of thioether (sulfide) groups is 1. The summed E-state index contributed by atoms with van der Waals surface area (Å²) in [6.07, 6.45) is 5.53. The Morgan fingerprint density at radius 2 is 2.29 bits per heavy atom. The molecular weight excluding hydrogens is 234 g/mol. The molecule has 2 fully saturated rings. The zero-order valence-electron chi connectivity index (χ0n) is 9.95. The van der Waals surface area contributed by atoms with Gasteiger partial charge in [0.05, 0.1) is 6.04 Å². The Morgan fingerprint density at radius 1 is 1.35 bits per heavy atom. The summed E-state index contributed by atoms with van der Waals surface area (Å²) in [5, 5.41) is 7.50. The highest BCUT2D eigenvalue weighted by molar-refractivity contribution is 8.13. The Morgan fingerprint density at radius 3 is 3.12 bits per heavy atom. The molecule has 1 saturated heterocycles. The summed E-state index contributed by atoms with van der Waals surface area (Å²) in [5.41, 5.74) is 0. The van der Waals surface area contributed by atoms with Crippen molar-refractivity contribution in [1.29, 1.82) is 0 Å². The van der Waals surface area contributed by atoms with Crippen LogP contribution in [0.25, 0.3) is 0 Å². The molecule has 3 rings (SSSR count). The van der Waals surface area contributed by atoms with Gasteiger partial charge in [0.25, 0.3) is 0 Å². The van der Waals surface area contributed by atoms with Crippen LogP contribution in [0.2, 0.25) is 0 Å². The summed E-state index contributed by atoms with van der Waals surface area (Å²) in [6.45, 7) is 0.743. The zero-order valence-corrected chi connectivity index (χ0v) is 10.8. The molecule has 0 spiro atoms. The molecule has 0 radical (unpaired) electrons. The molecule has 17 heavy (non-hydrogen) atoms. The van der Waals surface area contributed by atoms with Gasteiger partial charge in [-0.2, -0.15) is 0 Å². The molecule has 1 saturated carbocycles. The third-order valence-corrected chi connectivity index (χ3v) is 5.02. The molecule has 0 aromatic carbocycles. The van der Waals surface area contributed by atoms with Crippen LogP contribution in [0.1, 0.15) is 32.1 Å². The number of carbonyl (C=O) groups excluding carboxylic acids is 1. The van der Waals surface area contributed by atoms with E-state index in [0.29, 0.717) is 18.5 Å². The normalized spacial score (nSPS) is 37.1. The van der Waals surface area contributed by atoms with Crippen LogP contribution in [0.15, 0.2) is 4.99 Å². The summed E-state index contributed by atoms with van der Waals surface area (Å²) in [7, 11) is 0. The first kappa shape index (κ1) is 11.4. The summed E-state index contributed by atoms with van der Waals surface area (Å²) in [4.78, 5) is 15.9. The summed E-state index contributed by atoms with van der Waals surface area (Å²) in [5.74, 6) is 2.21. The van der Waals surface area contributed by atoms with Gasteiger partial charge in [-0.3, -0.25) is 9.79 Å². The lowest BCUT2D eigenvalue weighted by atomic mass is 10.1. The number of carbonyl (C=O) groups is 1. The van der Waals surface area contributed by atoms with E-state index >= 15 is 0 Å². The van der Waals surface area contributed by atoms with Crippen molar-refractivity contribution in [1.82, 2.24) is 10.6 Å². The van der Waals surface area contributed by atoms with Gasteiger partial charge in [0.15, 0.2) is 5.17 Å². The smallest absolute Gasteiger partial charge is 0.220 e. The molecule has 3 unspecified atom stereocenters. The number of nitrogens with zero attached hydrogens (tertiary/aromatic N) is 1. The van der Waals surface area contributed by atoms with E-state index in [1.807, 2.05) is 11.8 Å². The molecule has 3 atom stereocenters. The Bertz CT molecular complexity index is 335. The lowest BCUT2D eigenvalue weighted by molar-refractivity contribution is -0.122. The molecule has 2 aliphatic heterocycles. The third kappa shape index (κ3) is 2.59. The average molecular weight is 253 g/mol. The van der Waals surface area contributed by atoms with Crippen molar-refractivity contribution in [3.63, 3.8) is 0 Å². The minimum atomic E-state index is 0.178. The Hall–Kier alpha value is -0.710. The lowest BCUT2D eigenvalue weighted by Gasteiger charge is -2.28. The van der Waals surface area contributed by atoms with Gasteiger partial charge in [0.2, 0.25) is 5.91 Å². The van der Waals surface area contributed by atoms with Crippen molar-refractivity contribution >= 4 is 22.8 Å². The number of amidine groups is 1. The maximum absolute atomic E-state index is 11.1. The molecule has 0 aromatic rings. The van der Waals surface area contributed by atoms with Gasteiger partial charge in [-0.05, 0) is 25.2 Å². The molecular formula is C12H19N3OS. The molecule has 0 bridgehead atoms. The number of piperidine rings is 1. The third-order valence-electron chi connectivity index (χ3n) is 3.93. The fourth-order valence-electron chi connectivity index (χ4n) is 2.87. The SMILES string of the molecule is O=C1CCC(NC2=NC3CCCC3CS2)CN1. The maximum Gasteiger partial charge on any atom is 0.220 e. The number of hydrogen-bond acceptors (Lipinski definition) is 4. The van der Waals surface area contributed by atoms with Crippen LogP contribution < -0.4 is 10.6 Å². The first-order valence-corrected chi connectivity index (χ1v) is 7.53. The number of nitrogens with one attached hydrogen (secondary N) is 2. The highest BCUT2D eigenvalue weighted by atomic mass is 32.2. The van der Waals surface area contributed by atoms with Crippen molar-refractivity contribution in [2.75, 3.05) is 12.3 Å². The fraction of sp³-hybridized carbons (Fsp3) is 0.833. The van der Waals surface area contributed by atoms with E-state index < -0.39 is 0 Å².